The van der Waals surface area contributed by atoms with Crippen LogP contribution in [0.25, 0.3) is 0 Å². The molecule has 0 unspecified atom stereocenters. The predicted molar refractivity (Wildman–Crippen MR) is 91.7 cm³/mol. The van der Waals surface area contributed by atoms with Gasteiger partial charge in [0.2, 0.25) is 6.10 Å². The van der Waals surface area contributed by atoms with Crippen molar-refractivity contribution in [3.8, 4) is 0 Å². The second kappa shape index (κ2) is 9.65. The van der Waals surface area contributed by atoms with Crippen molar-refractivity contribution in [2.75, 3.05) is 13.2 Å². The van der Waals surface area contributed by atoms with Crippen LogP contribution in [-0.2, 0) is 33.4 Å². The van der Waals surface area contributed by atoms with Gasteiger partial charge >= 0.3 is 11.9 Å². The van der Waals surface area contributed by atoms with Gasteiger partial charge in [-0.1, -0.05) is 31.5 Å². The molecule has 26 heavy (non-hydrogen) atoms. The van der Waals surface area contributed by atoms with Gasteiger partial charge < -0.3 is 14.6 Å². The number of rotatable bonds is 9. The molecule has 0 heterocycles. The molecule has 0 radical (unpaired) electrons. The number of hydrogen-bond donors (Lipinski definition) is 1. The van der Waals surface area contributed by atoms with Crippen molar-refractivity contribution >= 4 is 22.1 Å². The third-order valence-electron chi connectivity index (χ3n) is 3.15. The van der Waals surface area contributed by atoms with Crippen LogP contribution in [-0.4, -0.2) is 50.9 Å². The second-order valence-electron chi connectivity index (χ2n) is 6.00. The van der Waals surface area contributed by atoms with Gasteiger partial charge in [-0.05, 0) is 31.9 Å². The largest absolute Gasteiger partial charge is 0.464 e. The molecule has 0 fully saturated rings. The average molecular weight is 388 g/mol. The molecule has 0 aromatic heterocycles. The van der Waals surface area contributed by atoms with E-state index in [2.05, 4.69) is 0 Å². The third-order valence-corrected chi connectivity index (χ3v) is 4.46. The molecule has 1 N–H and O–H groups in total. The Balaban J connectivity index is 3.04. The zero-order valence-electron chi connectivity index (χ0n) is 15.2. The Labute approximate surface area is 153 Å². The minimum absolute atomic E-state index is 0.00382. The summed E-state index contributed by atoms with van der Waals surface area (Å²) in [6, 6.07) is 5.67. The van der Waals surface area contributed by atoms with Gasteiger partial charge in [0.25, 0.3) is 10.1 Å². The molecular weight excluding hydrogens is 364 g/mol. The summed E-state index contributed by atoms with van der Waals surface area (Å²) >= 11 is 0. The summed E-state index contributed by atoms with van der Waals surface area (Å²) < 4.78 is 39.1. The topological polar surface area (TPSA) is 116 Å². The van der Waals surface area contributed by atoms with Crippen molar-refractivity contribution in [3.63, 3.8) is 0 Å². The maximum Gasteiger partial charge on any atom is 0.340 e. The van der Waals surface area contributed by atoms with Crippen LogP contribution < -0.4 is 0 Å². The van der Waals surface area contributed by atoms with Crippen molar-refractivity contribution in [2.24, 2.45) is 5.92 Å². The fourth-order valence-corrected chi connectivity index (χ4v) is 2.84. The lowest BCUT2D eigenvalue weighted by molar-refractivity contribution is -0.171. The number of aryl methyl sites for hydroxylation is 1. The Morgan fingerprint density at radius 2 is 1.65 bits per heavy atom. The first-order chi connectivity index (χ1) is 12.1. The van der Waals surface area contributed by atoms with E-state index >= 15 is 0 Å². The lowest BCUT2D eigenvalue weighted by Gasteiger charge is -2.20. The molecule has 0 saturated carbocycles. The molecule has 1 rings (SSSR count). The van der Waals surface area contributed by atoms with Crippen LogP contribution >= 0.6 is 0 Å². The molecule has 0 bridgehead atoms. The van der Waals surface area contributed by atoms with Gasteiger partial charge in [0, 0.05) is 0 Å². The van der Waals surface area contributed by atoms with E-state index < -0.39 is 34.3 Å². The Morgan fingerprint density at radius 1 is 1.08 bits per heavy atom. The molecule has 1 aromatic carbocycles. The third kappa shape index (κ3) is 6.40. The van der Waals surface area contributed by atoms with Gasteiger partial charge in [-0.15, -0.1) is 0 Å². The highest BCUT2D eigenvalue weighted by molar-refractivity contribution is 7.86. The van der Waals surface area contributed by atoms with Crippen molar-refractivity contribution in [1.82, 2.24) is 0 Å². The van der Waals surface area contributed by atoms with E-state index in [-0.39, 0.29) is 24.0 Å². The summed E-state index contributed by atoms with van der Waals surface area (Å²) in [4.78, 5) is 23.7. The minimum atomic E-state index is -4.42. The molecule has 0 aliphatic heterocycles. The summed E-state index contributed by atoms with van der Waals surface area (Å²) in [5, 5.41) is 10.1. The normalized spacial score (nSPS) is 13.9. The number of esters is 2. The fourth-order valence-electron chi connectivity index (χ4n) is 1.80. The number of aliphatic hydroxyl groups is 1. The first-order valence-electron chi connectivity index (χ1n) is 8.09. The van der Waals surface area contributed by atoms with Crippen molar-refractivity contribution in [2.45, 2.75) is 44.8 Å². The predicted octanol–water partition coefficient (Wildman–Crippen LogP) is 1.19. The maximum atomic E-state index is 12.4. The fraction of sp³-hybridized carbons (Fsp3) is 0.529. The number of aliphatic hydroxyl groups excluding tert-OH is 1. The molecule has 146 valence electrons. The smallest absolute Gasteiger partial charge is 0.340 e. The molecule has 0 amide bonds. The zero-order valence-corrected chi connectivity index (χ0v) is 16.0. The second-order valence-corrected chi connectivity index (χ2v) is 7.58. The first kappa shape index (κ1) is 22.1. The number of ether oxygens (including phenoxy) is 2. The van der Waals surface area contributed by atoms with Crippen molar-refractivity contribution in [1.29, 1.82) is 0 Å². The van der Waals surface area contributed by atoms with Gasteiger partial charge in [-0.2, -0.15) is 8.42 Å². The van der Waals surface area contributed by atoms with Gasteiger partial charge in [-0.25, -0.2) is 13.8 Å². The number of hydrogen-bond acceptors (Lipinski definition) is 8. The SMILES string of the molecule is CCOC(=O)[C@H](OS(=O)(=O)c1ccc(C)cc1)[C@@H](O)C(=O)OCC(C)C. The molecule has 0 aliphatic rings. The quantitative estimate of drug-likeness (QED) is 0.495. The number of carbonyl (C=O) groups excluding carboxylic acids is 2. The van der Waals surface area contributed by atoms with Crippen LogP contribution in [0.5, 0.6) is 0 Å². The summed E-state index contributed by atoms with van der Waals surface area (Å²) in [7, 11) is -4.42. The number of benzene rings is 1. The molecule has 0 saturated heterocycles. The lowest BCUT2D eigenvalue weighted by Crippen LogP contribution is -2.45. The van der Waals surface area contributed by atoms with Gasteiger partial charge in [0.05, 0.1) is 18.1 Å². The number of carbonyl (C=O) groups is 2. The van der Waals surface area contributed by atoms with Crippen molar-refractivity contribution in [3.05, 3.63) is 29.8 Å². The van der Waals surface area contributed by atoms with E-state index in [9.17, 15) is 23.1 Å². The highest BCUT2D eigenvalue weighted by atomic mass is 32.2. The summed E-state index contributed by atoms with van der Waals surface area (Å²) in [6.45, 7) is 6.73. The highest BCUT2D eigenvalue weighted by Gasteiger charge is 2.40. The van der Waals surface area contributed by atoms with E-state index in [0.717, 1.165) is 5.56 Å². The lowest BCUT2D eigenvalue weighted by atomic mass is 10.2. The maximum absolute atomic E-state index is 12.4. The highest BCUT2D eigenvalue weighted by Crippen LogP contribution is 2.18. The van der Waals surface area contributed by atoms with Crippen molar-refractivity contribution < 1.29 is 36.8 Å². The van der Waals surface area contributed by atoms with E-state index in [1.807, 2.05) is 0 Å². The van der Waals surface area contributed by atoms with Crippen LogP contribution in [0.2, 0.25) is 0 Å². The monoisotopic (exact) mass is 388 g/mol. The Morgan fingerprint density at radius 3 is 2.15 bits per heavy atom. The van der Waals surface area contributed by atoms with Gasteiger partial charge in [0.15, 0.2) is 6.10 Å². The Hall–Kier alpha value is -1.97. The molecule has 1 aromatic rings. The summed E-state index contributed by atoms with van der Waals surface area (Å²) in [6.07, 6.45) is -4.21. The van der Waals surface area contributed by atoms with Crippen LogP contribution in [0, 0.1) is 12.8 Å². The molecule has 0 aliphatic carbocycles. The molecule has 2 atom stereocenters. The van der Waals surface area contributed by atoms with E-state index in [1.54, 1.807) is 32.9 Å². The van der Waals surface area contributed by atoms with E-state index in [1.165, 1.54) is 19.1 Å². The van der Waals surface area contributed by atoms with E-state index in [0.29, 0.717) is 0 Å². The molecular formula is C17H24O8S. The Kier molecular flexibility index (Phi) is 8.19. The van der Waals surface area contributed by atoms with Crippen LogP contribution in [0.1, 0.15) is 26.3 Å². The zero-order chi connectivity index (χ0) is 19.9. The molecule has 8 nitrogen and oxygen atoms in total. The average Bonchev–Trinajstić information content (AvgIpc) is 2.57. The summed E-state index contributed by atoms with van der Waals surface area (Å²) in [5.74, 6) is -2.36. The van der Waals surface area contributed by atoms with Gasteiger partial charge in [0.1, 0.15) is 0 Å². The first-order valence-corrected chi connectivity index (χ1v) is 9.50. The Bertz CT molecular complexity index is 709. The standard InChI is InChI=1S/C17H24O8S/c1-5-23-17(20)15(14(18)16(19)24-10-11(2)3)25-26(21,22)13-8-6-12(4)7-9-13/h6-9,11,14-15,18H,5,10H2,1-4H3/t14-,15-/m1/s1. The van der Waals surface area contributed by atoms with Crippen LogP contribution in [0.3, 0.4) is 0 Å². The van der Waals surface area contributed by atoms with Crippen LogP contribution in [0.15, 0.2) is 29.2 Å². The molecule has 9 heteroatoms. The van der Waals surface area contributed by atoms with Crippen LogP contribution in [0.4, 0.5) is 0 Å². The molecule has 0 spiro atoms. The van der Waals surface area contributed by atoms with Gasteiger partial charge in [-0.3, -0.25) is 0 Å². The minimum Gasteiger partial charge on any atom is -0.464 e. The summed E-state index contributed by atoms with van der Waals surface area (Å²) in [5.41, 5.74) is 0.822. The van der Waals surface area contributed by atoms with E-state index in [4.69, 9.17) is 13.7 Å².